The minimum atomic E-state index is -0.161. The Kier molecular flexibility index (Phi) is 7.59. The molecule has 0 radical (unpaired) electrons. The zero-order chi connectivity index (χ0) is 11.5. The molecular formula is C12H14O3. The van der Waals surface area contributed by atoms with Crippen LogP contribution in [0.5, 0.6) is 0 Å². The highest BCUT2D eigenvalue weighted by molar-refractivity contribution is 5.99. The molecule has 0 heterocycles. The van der Waals surface area contributed by atoms with E-state index in [1.54, 1.807) is 26.0 Å². The van der Waals surface area contributed by atoms with Gasteiger partial charge in [-0.25, -0.2) is 0 Å². The van der Waals surface area contributed by atoms with Crippen LogP contribution in [0.15, 0.2) is 49.0 Å². The van der Waals surface area contributed by atoms with Crippen molar-refractivity contribution >= 4 is 11.6 Å². The molecular weight excluding hydrogens is 192 g/mol. The normalized spacial score (nSPS) is 12.1. The van der Waals surface area contributed by atoms with Crippen molar-refractivity contribution in [1.82, 2.24) is 0 Å². The van der Waals surface area contributed by atoms with E-state index in [2.05, 4.69) is 0 Å². The Morgan fingerprint density at radius 1 is 0.800 bits per heavy atom. The molecule has 80 valence electrons. The van der Waals surface area contributed by atoms with Crippen LogP contribution in [0.25, 0.3) is 0 Å². The van der Waals surface area contributed by atoms with Gasteiger partial charge in [-0.05, 0) is 26.0 Å². The Morgan fingerprint density at radius 2 is 1.20 bits per heavy atom. The van der Waals surface area contributed by atoms with E-state index in [0.29, 0.717) is 0 Å². The summed E-state index contributed by atoms with van der Waals surface area (Å²) in [5.74, 6) is -0.323. The van der Waals surface area contributed by atoms with Crippen LogP contribution in [0.1, 0.15) is 13.8 Å². The topological polar surface area (TPSA) is 43.4 Å². The number of hydrogen-bond donors (Lipinski definition) is 0. The van der Waals surface area contributed by atoms with Crippen molar-refractivity contribution in [2.45, 2.75) is 13.8 Å². The highest BCUT2D eigenvalue weighted by Crippen LogP contribution is 1.86. The maximum Gasteiger partial charge on any atom is 0.181 e. The van der Waals surface area contributed by atoms with Gasteiger partial charge in [-0.3, -0.25) is 9.59 Å². The Hall–Kier alpha value is -1.90. The summed E-state index contributed by atoms with van der Waals surface area (Å²) in [7, 11) is 0. The monoisotopic (exact) mass is 206 g/mol. The average Bonchev–Trinajstić information content (AvgIpc) is 2.18. The molecule has 0 saturated heterocycles. The third-order valence-corrected chi connectivity index (χ3v) is 1.28. The van der Waals surface area contributed by atoms with E-state index < -0.39 is 0 Å². The first-order chi connectivity index (χ1) is 7.20. The molecule has 0 atom stereocenters. The third-order valence-electron chi connectivity index (χ3n) is 1.28. The lowest BCUT2D eigenvalue weighted by atomic mass is 10.3. The first-order valence-electron chi connectivity index (χ1n) is 4.52. The Bertz CT molecular complexity index is 288. The van der Waals surface area contributed by atoms with E-state index in [0.717, 1.165) is 0 Å². The van der Waals surface area contributed by atoms with Crippen molar-refractivity contribution in [2.75, 3.05) is 0 Å². The zero-order valence-corrected chi connectivity index (χ0v) is 8.84. The number of carbonyl (C=O) groups is 2. The van der Waals surface area contributed by atoms with Crippen LogP contribution in [-0.4, -0.2) is 11.6 Å². The molecule has 0 aliphatic rings. The molecule has 0 rings (SSSR count). The maximum atomic E-state index is 10.9. The minimum Gasteiger partial charge on any atom is -0.472 e. The van der Waals surface area contributed by atoms with E-state index >= 15 is 0 Å². The van der Waals surface area contributed by atoms with Crippen LogP contribution in [0.4, 0.5) is 0 Å². The third kappa shape index (κ3) is 8.43. The molecule has 0 N–H and O–H groups in total. The molecule has 0 aliphatic carbocycles. The zero-order valence-electron chi connectivity index (χ0n) is 8.84. The van der Waals surface area contributed by atoms with Gasteiger partial charge in [-0.15, -0.1) is 0 Å². The molecule has 0 aliphatic heterocycles. The van der Waals surface area contributed by atoms with Crippen LogP contribution in [-0.2, 0) is 14.3 Å². The van der Waals surface area contributed by atoms with Gasteiger partial charge in [0.2, 0.25) is 0 Å². The van der Waals surface area contributed by atoms with Gasteiger partial charge in [0.15, 0.2) is 11.6 Å². The molecule has 0 aromatic rings. The van der Waals surface area contributed by atoms with Crippen molar-refractivity contribution in [3.05, 3.63) is 49.0 Å². The van der Waals surface area contributed by atoms with Crippen molar-refractivity contribution in [3.63, 3.8) is 0 Å². The lowest BCUT2D eigenvalue weighted by molar-refractivity contribution is -0.111. The van der Waals surface area contributed by atoms with Crippen LogP contribution < -0.4 is 0 Å². The van der Waals surface area contributed by atoms with Gasteiger partial charge in [0.1, 0.15) is 0 Å². The second-order valence-electron chi connectivity index (χ2n) is 2.55. The first kappa shape index (κ1) is 13.1. The van der Waals surface area contributed by atoms with E-state index in [9.17, 15) is 9.59 Å². The molecule has 0 aromatic heterocycles. The standard InChI is InChI=1S/C12H14O3/c1-3-5-11(13)7-9-15-10-8-12(14)6-4-2/h3-10H,1-2H3/b5-3+,6-4+,9-7?,10-8?. The predicted molar refractivity (Wildman–Crippen MR) is 59.0 cm³/mol. The minimum absolute atomic E-state index is 0.161. The molecule has 0 saturated carbocycles. The van der Waals surface area contributed by atoms with Crippen molar-refractivity contribution in [3.8, 4) is 0 Å². The molecule has 3 nitrogen and oxygen atoms in total. The number of ketones is 2. The summed E-state index contributed by atoms with van der Waals surface area (Å²) in [6.07, 6.45) is 11.1. The smallest absolute Gasteiger partial charge is 0.181 e. The molecule has 0 bridgehead atoms. The maximum absolute atomic E-state index is 10.9. The second kappa shape index (κ2) is 8.69. The van der Waals surface area contributed by atoms with Gasteiger partial charge in [0.25, 0.3) is 0 Å². The molecule has 3 heteroatoms. The number of rotatable bonds is 6. The number of hydrogen-bond acceptors (Lipinski definition) is 3. The first-order valence-corrected chi connectivity index (χ1v) is 4.52. The van der Waals surface area contributed by atoms with Crippen LogP contribution in [0.2, 0.25) is 0 Å². The summed E-state index contributed by atoms with van der Waals surface area (Å²) in [6, 6.07) is 0. The molecule has 0 amide bonds. The summed E-state index contributed by atoms with van der Waals surface area (Å²) in [6.45, 7) is 3.50. The highest BCUT2D eigenvalue weighted by Gasteiger charge is 1.86. The van der Waals surface area contributed by atoms with Crippen molar-refractivity contribution < 1.29 is 14.3 Å². The predicted octanol–water partition coefficient (Wildman–Crippen LogP) is 2.32. The van der Waals surface area contributed by atoms with Gasteiger partial charge < -0.3 is 4.74 Å². The SMILES string of the molecule is C/C=C/C(=O)C=COC=CC(=O)/C=C/C. The fourth-order valence-corrected chi connectivity index (χ4v) is 0.698. The second-order valence-corrected chi connectivity index (χ2v) is 2.55. The van der Waals surface area contributed by atoms with E-state index in [1.807, 2.05) is 0 Å². The van der Waals surface area contributed by atoms with Crippen molar-refractivity contribution in [1.29, 1.82) is 0 Å². The van der Waals surface area contributed by atoms with Crippen LogP contribution >= 0.6 is 0 Å². The molecule has 0 aromatic carbocycles. The van der Waals surface area contributed by atoms with Gasteiger partial charge in [0.05, 0.1) is 12.5 Å². The summed E-state index contributed by atoms with van der Waals surface area (Å²) in [5, 5.41) is 0. The largest absolute Gasteiger partial charge is 0.472 e. The molecule has 0 unspecified atom stereocenters. The fourth-order valence-electron chi connectivity index (χ4n) is 0.698. The lowest BCUT2D eigenvalue weighted by Gasteiger charge is -1.87. The molecule has 15 heavy (non-hydrogen) atoms. The van der Waals surface area contributed by atoms with Crippen molar-refractivity contribution in [2.24, 2.45) is 0 Å². The number of ether oxygens (including phenoxy) is 1. The quantitative estimate of drug-likeness (QED) is 0.494. The molecule has 0 fully saturated rings. The summed E-state index contributed by atoms with van der Waals surface area (Å²) < 4.78 is 4.80. The Balaban J connectivity index is 3.88. The molecule has 0 spiro atoms. The number of carbonyl (C=O) groups excluding carboxylic acids is 2. The van der Waals surface area contributed by atoms with Gasteiger partial charge in [0, 0.05) is 12.2 Å². The lowest BCUT2D eigenvalue weighted by Crippen LogP contribution is -1.86. The van der Waals surface area contributed by atoms with Gasteiger partial charge in [-0.2, -0.15) is 0 Å². The highest BCUT2D eigenvalue weighted by atomic mass is 16.5. The van der Waals surface area contributed by atoms with Crippen LogP contribution in [0, 0.1) is 0 Å². The van der Waals surface area contributed by atoms with Crippen LogP contribution in [0.3, 0.4) is 0 Å². The fraction of sp³-hybridized carbons (Fsp3) is 0.167. The van der Waals surface area contributed by atoms with Gasteiger partial charge in [-0.1, -0.05) is 12.2 Å². The summed E-state index contributed by atoms with van der Waals surface area (Å²) in [4.78, 5) is 21.8. The van der Waals surface area contributed by atoms with E-state index in [-0.39, 0.29) is 11.6 Å². The number of allylic oxidation sites excluding steroid dienone is 6. The summed E-state index contributed by atoms with van der Waals surface area (Å²) in [5.41, 5.74) is 0. The average molecular weight is 206 g/mol. The van der Waals surface area contributed by atoms with E-state index in [4.69, 9.17) is 4.74 Å². The Labute approximate surface area is 89.4 Å². The van der Waals surface area contributed by atoms with E-state index in [1.165, 1.54) is 36.8 Å². The Morgan fingerprint density at radius 3 is 1.53 bits per heavy atom. The summed E-state index contributed by atoms with van der Waals surface area (Å²) >= 11 is 0. The van der Waals surface area contributed by atoms with Gasteiger partial charge >= 0.3 is 0 Å².